The summed E-state index contributed by atoms with van der Waals surface area (Å²) in [5, 5.41) is 8.06. The molecule has 8 nitrogen and oxygen atoms in total. The molecule has 2 N–H and O–H groups in total. The second-order valence-electron chi connectivity index (χ2n) is 4.10. The molecular formula is C10H13N3O5S. The molecule has 9 heteroatoms. The average Bonchev–Trinajstić information content (AvgIpc) is 3.12. The van der Waals surface area contributed by atoms with Crippen LogP contribution in [-0.2, 0) is 26.2 Å². The van der Waals surface area contributed by atoms with Crippen molar-refractivity contribution in [2.24, 2.45) is 0 Å². The third kappa shape index (κ3) is 4.14. The minimum atomic E-state index is -3.40. The number of aromatic nitrogens is 2. The van der Waals surface area contributed by atoms with Crippen LogP contribution in [0.2, 0.25) is 0 Å². The van der Waals surface area contributed by atoms with Gasteiger partial charge in [0.15, 0.2) is 0 Å². The van der Waals surface area contributed by atoms with Gasteiger partial charge in [0.2, 0.25) is 16.0 Å². The van der Waals surface area contributed by atoms with Crippen LogP contribution >= 0.6 is 0 Å². The van der Waals surface area contributed by atoms with E-state index in [0.29, 0.717) is 18.5 Å². The van der Waals surface area contributed by atoms with Crippen LogP contribution in [0.4, 0.5) is 5.95 Å². The summed E-state index contributed by atoms with van der Waals surface area (Å²) in [5.74, 6) is -1.10. The van der Waals surface area contributed by atoms with Gasteiger partial charge in [0.25, 0.3) is 0 Å². The molecule has 0 saturated heterocycles. The zero-order valence-electron chi connectivity index (χ0n) is 9.94. The standard InChI is InChI=1S/C10H13N3O5S/c14-9(15)6-18-5-7-3-4-11-10(12-7)13-19(16,17)8-1-2-8/h3-4,8H,1-2,5-6H2,(H,14,15)(H,11,12,13). The highest BCUT2D eigenvalue weighted by atomic mass is 32.2. The molecule has 1 aliphatic rings. The second-order valence-corrected chi connectivity index (χ2v) is 6.07. The number of nitrogens with one attached hydrogen (secondary N) is 1. The molecule has 1 fully saturated rings. The Morgan fingerprint density at radius 2 is 2.26 bits per heavy atom. The number of sulfonamides is 1. The lowest BCUT2D eigenvalue weighted by molar-refractivity contribution is -0.142. The average molecular weight is 287 g/mol. The molecule has 0 unspecified atom stereocenters. The first kappa shape index (κ1) is 13.7. The summed E-state index contributed by atoms with van der Waals surface area (Å²) in [6, 6.07) is 1.52. The zero-order chi connectivity index (χ0) is 13.9. The summed E-state index contributed by atoms with van der Waals surface area (Å²) in [6.45, 7) is -0.458. The number of carboxylic acid groups (broad SMARTS) is 1. The van der Waals surface area contributed by atoms with Gasteiger partial charge in [-0.3, -0.25) is 4.72 Å². The minimum Gasteiger partial charge on any atom is -0.480 e. The molecule has 1 saturated carbocycles. The number of hydrogen-bond donors (Lipinski definition) is 2. The van der Waals surface area contributed by atoms with Crippen LogP contribution in [0.15, 0.2) is 12.3 Å². The molecule has 0 radical (unpaired) electrons. The third-order valence-electron chi connectivity index (χ3n) is 2.39. The zero-order valence-corrected chi connectivity index (χ0v) is 10.8. The fourth-order valence-corrected chi connectivity index (χ4v) is 2.63. The van der Waals surface area contributed by atoms with Crippen LogP contribution in [0.1, 0.15) is 18.5 Å². The van der Waals surface area contributed by atoms with Crippen LogP contribution in [0, 0.1) is 0 Å². The molecule has 1 aliphatic carbocycles. The van der Waals surface area contributed by atoms with E-state index in [1.807, 2.05) is 0 Å². The summed E-state index contributed by atoms with van der Waals surface area (Å²) in [4.78, 5) is 18.0. The predicted octanol–water partition coefficient (Wildman–Crippen LogP) is -0.0181. The topological polar surface area (TPSA) is 118 Å². The summed E-state index contributed by atoms with van der Waals surface area (Å²) in [7, 11) is -3.40. The first-order chi connectivity index (χ1) is 8.97. The molecule has 104 valence electrons. The molecule has 1 aromatic rings. The fourth-order valence-electron chi connectivity index (χ4n) is 1.36. The Hall–Kier alpha value is -1.74. The van der Waals surface area contributed by atoms with Gasteiger partial charge < -0.3 is 9.84 Å². The third-order valence-corrected chi connectivity index (χ3v) is 4.20. The SMILES string of the molecule is O=C(O)COCc1ccnc(NS(=O)(=O)C2CC2)n1. The molecule has 2 rings (SSSR count). The highest BCUT2D eigenvalue weighted by Crippen LogP contribution is 2.28. The van der Waals surface area contributed by atoms with Crippen LogP contribution < -0.4 is 4.72 Å². The number of hydrogen-bond acceptors (Lipinski definition) is 6. The molecule has 1 aromatic heterocycles. The van der Waals surface area contributed by atoms with E-state index in [1.165, 1.54) is 12.3 Å². The molecule has 0 amide bonds. The molecule has 0 bridgehead atoms. The molecule has 1 heterocycles. The maximum atomic E-state index is 11.7. The number of nitrogens with zero attached hydrogens (tertiary/aromatic N) is 2. The number of aliphatic carboxylic acids is 1. The van der Waals surface area contributed by atoms with Crippen molar-refractivity contribution in [3.8, 4) is 0 Å². The van der Waals surface area contributed by atoms with E-state index in [9.17, 15) is 13.2 Å². The van der Waals surface area contributed by atoms with Gasteiger partial charge in [0.05, 0.1) is 17.6 Å². The quantitative estimate of drug-likeness (QED) is 0.723. The Balaban J connectivity index is 1.96. The van der Waals surface area contributed by atoms with E-state index in [4.69, 9.17) is 9.84 Å². The van der Waals surface area contributed by atoms with Gasteiger partial charge in [-0.25, -0.2) is 23.2 Å². The van der Waals surface area contributed by atoms with Crippen LogP contribution in [0.5, 0.6) is 0 Å². The van der Waals surface area contributed by atoms with Crippen molar-refractivity contribution in [3.63, 3.8) is 0 Å². The summed E-state index contributed by atoms with van der Waals surface area (Å²) in [5.41, 5.74) is 0.407. The molecule has 19 heavy (non-hydrogen) atoms. The Labute approximate surface area is 109 Å². The van der Waals surface area contributed by atoms with E-state index in [1.54, 1.807) is 0 Å². The van der Waals surface area contributed by atoms with Crippen molar-refractivity contribution >= 4 is 21.9 Å². The van der Waals surface area contributed by atoms with E-state index >= 15 is 0 Å². The summed E-state index contributed by atoms with van der Waals surface area (Å²) < 4.78 is 30.5. The van der Waals surface area contributed by atoms with E-state index in [2.05, 4.69) is 14.7 Å². The van der Waals surface area contributed by atoms with Crippen LogP contribution in [-0.4, -0.2) is 41.3 Å². The highest BCUT2D eigenvalue weighted by molar-refractivity contribution is 7.93. The normalized spacial score (nSPS) is 15.2. The van der Waals surface area contributed by atoms with E-state index in [-0.39, 0.29) is 17.8 Å². The number of ether oxygens (including phenoxy) is 1. The maximum Gasteiger partial charge on any atom is 0.329 e. The minimum absolute atomic E-state index is 0.0209. The van der Waals surface area contributed by atoms with Crippen molar-refractivity contribution in [1.29, 1.82) is 0 Å². The van der Waals surface area contributed by atoms with Crippen molar-refractivity contribution in [1.82, 2.24) is 9.97 Å². The lowest BCUT2D eigenvalue weighted by Gasteiger charge is -2.06. The first-order valence-electron chi connectivity index (χ1n) is 5.60. The first-order valence-corrected chi connectivity index (χ1v) is 7.15. The number of carbonyl (C=O) groups is 1. The summed E-state index contributed by atoms with van der Waals surface area (Å²) >= 11 is 0. The Morgan fingerprint density at radius 1 is 1.53 bits per heavy atom. The number of rotatable bonds is 7. The smallest absolute Gasteiger partial charge is 0.329 e. The van der Waals surface area contributed by atoms with Gasteiger partial charge in [0.1, 0.15) is 6.61 Å². The van der Waals surface area contributed by atoms with Gasteiger partial charge in [-0.1, -0.05) is 0 Å². The second kappa shape index (κ2) is 5.49. The van der Waals surface area contributed by atoms with Gasteiger partial charge >= 0.3 is 5.97 Å². The van der Waals surface area contributed by atoms with Crippen molar-refractivity contribution in [2.45, 2.75) is 24.7 Å². The monoisotopic (exact) mass is 287 g/mol. The Morgan fingerprint density at radius 3 is 2.89 bits per heavy atom. The van der Waals surface area contributed by atoms with Crippen LogP contribution in [0.25, 0.3) is 0 Å². The molecule has 0 spiro atoms. The molecule has 0 aliphatic heterocycles. The van der Waals surface area contributed by atoms with E-state index in [0.717, 1.165) is 0 Å². The number of carboxylic acids is 1. The van der Waals surface area contributed by atoms with Crippen molar-refractivity contribution in [3.05, 3.63) is 18.0 Å². The molecule has 0 aromatic carbocycles. The predicted molar refractivity (Wildman–Crippen MR) is 64.9 cm³/mol. The van der Waals surface area contributed by atoms with Crippen molar-refractivity contribution < 1.29 is 23.1 Å². The van der Waals surface area contributed by atoms with Gasteiger partial charge in [-0.05, 0) is 18.9 Å². The van der Waals surface area contributed by atoms with Gasteiger partial charge in [0, 0.05) is 6.20 Å². The van der Waals surface area contributed by atoms with Gasteiger partial charge in [-0.15, -0.1) is 0 Å². The van der Waals surface area contributed by atoms with Crippen LogP contribution in [0.3, 0.4) is 0 Å². The van der Waals surface area contributed by atoms with E-state index < -0.39 is 22.6 Å². The maximum absolute atomic E-state index is 11.7. The largest absolute Gasteiger partial charge is 0.480 e. The lowest BCUT2D eigenvalue weighted by Crippen LogP contribution is -2.19. The van der Waals surface area contributed by atoms with Gasteiger partial charge in [-0.2, -0.15) is 0 Å². The van der Waals surface area contributed by atoms with Crippen molar-refractivity contribution in [2.75, 3.05) is 11.3 Å². The highest BCUT2D eigenvalue weighted by Gasteiger charge is 2.36. The Bertz CT molecular complexity index is 570. The fraction of sp³-hybridized carbons (Fsp3) is 0.500. The molecular weight excluding hydrogens is 274 g/mol. The number of anilines is 1. The molecule has 0 atom stereocenters. The lowest BCUT2D eigenvalue weighted by atomic mass is 10.4. The Kier molecular flexibility index (Phi) is 3.96. The summed E-state index contributed by atoms with van der Waals surface area (Å²) in [6.07, 6.45) is 2.69.